The van der Waals surface area contributed by atoms with Crippen LogP contribution in [0.4, 0.5) is 0 Å². The third-order valence-electron chi connectivity index (χ3n) is 8.01. The number of rotatable bonds is 0. The van der Waals surface area contributed by atoms with Gasteiger partial charge in [-0.3, -0.25) is 0 Å². The summed E-state index contributed by atoms with van der Waals surface area (Å²) in [7, 11) is 0. The molecule has 0 aromatic rings. The lowest BCUT2D eigenvalue weighted by molar-refractivity contribution is -0.0900. The van der Waals surface area contributed by atoms with E-state index in [1.807, 2.05) is 0 Å². The molecular formula is C19H30O3. The molecule has 3 N–H and O–H groups in total. The van der Waals surface area contributed by atoms with Crippen molar-refractivity contribution >= 4 is 0 Å². The van der Waals surface area contributed by atoms with Crippen LogP contribution in [-0.2, 0) is 0 Å². The van der Waals surface area contributed by atoms with Crippen LogP contribution in [0.1, 0.15) is 58.8 Å². The van der Waals surface area contributed by atoms with Gasteiger partial charge in [0.1, 0.15) is 0 Å². The van der Waals surface area contributed by atoms with Crippen molar-refractivity contribution in [1.82, 2.24) is 0 Å². The van der Waals surface area contributed by atoms with Crippen molar-refractivity contribution in [3.8, 4) is 0 Å². The standard InChI is InChI=1S/C19H30O3/c1-18-7-5-12(20)9-11(18)3-4-13-14(18)6-8-19(2)16(22)10-15(21)17(13)19/h3,12-17,20-22H,4-10H2,1-2H3/t12?,13-,14-,15?,16?,17-,18+,19-/m1/s1. The molecule has 0 aromatic heterocycles. The van der Waals surface area contributed by atoms with E-state index in [2.05, 4.69) is 19.9 Å². The molecule has 3 fully saturated rings. The largest absolute Gasteiger partial charge is 0.393 e. The molecule has 0 radical (unpaired) electrons. The number of aliphatic hydroxyl groups is 3. The van der Waals surface area contributed by atoms with Gasteiger partial charge in [-0.1, -0.05) is 25.5 Å². The van der Waals surface area contributed by atoms with E-state index >= 15 is 0 Å². The molecule has 3 saturated carbocycles. The lowest BCUT2D eigenvalue weighted by atomic mass is 9.47. The Morgan fingerprint density at radius 2 is 1.86 bits per heavy atom. The topological polar surface area (TPSA) is 60.7 Å². The molecule has 0 amide bonds. The van der Waals surface area contributed by atoms with Crippen LogP contribution in [0, 0.1) is 28.6 Å². The molecule has 0 aliphatic heterocycles. The van der Waals surface area contributed by atoms with E-state index in [9.17, 15) is 15.3 Å². The third-order valence-corrected chi connectivity index (χ3v) is 8.01. The molecule has 0 heterocycles. The SMILES string of the molecule is C[C@]12CCC(O)CC1=CC[C@@H]1[C@H]2CC[C@]2(C)C(O)CC(O)[C@@H]12. The van der Waals surface area contributed by atoms with Gasteiger partial charge in [0.15, 0.2) is 0 Å². The Morgan fingerprint density at radius 1 is 1.09 bits per heavy atom. The third kappa shape index (κ3) is 1.85. The van der Waals surface area contributed by atoms with Crippen molar-refractivity contribution in [2.24, 2.45) is 28.6 Å². The first-order valence-corrected chi connectivity index (χ1v) is 9.10. The fourth-order valence-electron chi connectivity index (χ4n) is 6.68. The summed E-state index contributed by atoms with van der Waals surface area (Å²) in [5.41, 5.74) is 1.57. The Balaban J connectivity index is 1.70. The summed E-state index contributed by atoms with van der Waals surface area (Å²) in [6.07, 6.45) is 8.09. The quantitative estimate of drug-likeness (QED) is 0.603. The number of aliphatic hydroxyl groups excluding tert-OH is 3. The Kier molecular flexibility index (Phi) is 3.32. The second-order valence-electron chi connectivity index (χ2n) is 8.94. The Morgan fingerprint density at radius 3 is 2.64 bits per heavy atom. The molecule has 3 unspecified atom stereocenters. The highest BCUT2D eigenvalue weighted by molar-refractivity contribution is 5.25. The maximum atomic E-state index is 10.6. The minimum atomic E-state index is -0.347. The fraction of sp³-hybridized carbons (Fsp3) is 0.895. The summed E-state index contributed by atoms with van der Waals surface area (Å²) >= 11 is 0. The summed E-state index contributed by atoms with van der Waals surface area (Å²) in [4.78, 5) is 0. The fourth-order valence-corrected chi connectivity index (χ4v) is 6.68. The van der Waals surface area contributed by atoms with Gasteiger partial charge in [-0.05, 0) is 67.1 Å². The van der Waals surface area contributed by atoms with Crippen LogP contribution in [0.25, 0.3) is 0 Å². The Bertz CT molecular complexity index is 501. The minimum absolute atomic E-state index is 0.101. The predicted octanol–water partition coefficient (Wildman–Crippen LogP) is 2.64. The lowest BCUT2D eigenvalue weighted by Gasteiger charge is -2.57. The van der Waals surface area contributed by atoms with Crippen LogP contribution in [0.15, 0.2) is 11.6 Å². The molecule has 0 bridgehead atoms. The molecule has 124 valence electrons. The van der Waals surface area contributed by atoms with Crippen LogP contribution in [0.2, 0.25) is 0 Å². The van der Waals surface area contributed by atoms with Crippen LogP contribution in [0.3, 0.4) is 0 Å². The first-order valence-electron chi connectivity index (χ1n) is 9.10. The zero-order valence-electron chi connectivity index (χ0n) is 13.8. The van der Waals surface area contributed by atoms with Crippen molar-refractivity contribution in [2.45, 2.75) is 77.1 Å². The average Bonchev–Trinajstić information content (AvgIpc) is 2.70. The molecule has 22 heavy (non-hydrogen) atoms. The molecule has 0 saturated heterocycles. The van der Waals surface area contributed by atoms with Crippen LogP contribution < -0.4 is 0 Å². The highest BCUT2D eigenvalue weighted by Crippen LogP contribution is 2.64. The van der Waals surface area contributed by atoms with E-state index in [0.717, 1.165) is 38.5 Å². The second kappa shape index (κ2) is 4.81. The maximum Gasteiger partial charge on any atom is 0.0622 e. The van der Waals surface area contributed by atoms with Gasteiger partial charge in [0.05, 0.1) is 18.3 Å². The van der Waals surface area contributed by atoms with E-state index in [1.54, 1.807) is 0 Å². The molecule has 3 heteroatoms. The summed E-state index contributed by atoms with van der Waals surface area (Å²) in [6.45, 7) is 4.59. The summed E-state index contributed by atoms with van der Waals surface area (Å²) in [5.74, 6) is 1.34. The van der Waals surface area contributed by atoms with Gasteiger partial charge in [-0.15, -0.1) is 0 Å². The molecule has 3 nitrogen and oxygen atoms in total. The average molecular weight is 306 g/mol. The number of hydrogen-bond acceptors (Lipinski definition) is 3. The molecule has 0 aromatic carbocycles. The van der Waals surface area contributed by atoms with Gasteiger partial charge in [0.25, 0.3) is 0 Å². The normalized spacial score (nSPS) is 57.6. The maximum absolute atomic E-state index is 10.6. The number of allylic oxidation sites excluding steroid dienone is 1. The van der Waals surface area contributed by atoms with Gasteiger partial charge in [-0.25, -0.2) is 0 Å². The highest BCUT2D eigenvalue weighted by atomic mass is 16.3. The van der Waals surface area contributed by atoms with Crippen molar-refractivity contribution in [3.63, 3.8) is 0 Å². The predicted molar refractivity (Wildman–Crippen MR) is 85.1 cm³/mol. The van der Waals surface area contributed by atoms with Crippen LogP contribution in [-0.4, -0.2) is 33.6 Å². The lowest BCUT2D eigenvalue weighted by Crippen LogP contribution is -2.52. The smallest absolute Gasteiger partial charge is 0.0622 e. The van der Waals surface area contributed by atoms with Gasteiger partial charge < -0.3 is 15.3 Å². The van der Waals surface area contributed by atoms with Crippen LogP contribution >= 0.6 is 0 Å². The van der Waals surface area contributed by atoms with E-state index in [4.69, 9.17) is 0 Å². The van der Waals surface area contributed by atoms with E-state index in [-0.39, 0.29) is 35.1 Å². The molecular weight excluding hydrogens is 276 g/mol. The van der Waals surface area contributed by atoms with Crippen molar-refractivity contribution in [1.29, 1.82) is 0 Å². The molecule has 0 spiro atoms. The van der Waals surface area contributed by atoms with E-state index in [0.29, 0.717) is 18.3 Å². The van der Waals surface area contributed by atoms with Gasteiger partial charge in [0.2, 0.25) is 0 Å². The minimum Gasteiger partial charge on any atom is -0.393 e. The summed E-state index contributed by atoms with van der Waals surface area (Å²) in [5, 5.41) is 31.1. The zero-order chi connectivity index (χ0) is 15.7. The van der Waals surface area contributed by atoms with Gasteiger partial charge in [0, 0.05) is 6.42 Å². The Labute approximate surface area is 133 Å². The summed E-state index contributed by atoms with van der Waals surface area (Å²) < 4.78 is 0. The molecule has 8 atom stereocenters. The molecule has 4 aliphatic carbocycles. The van der Waals surface area contributed by atoms with E-state index in [1.165, 1.54) is 5.57 Å². The van der Waals surface area contributed by atoms with Crippen LogP contribution in [0.5, 0.6) is 0 Å². The molecule has 4 rings (SSSR count). The highest BCUT2D eigenvalue weighted by Gasteiger charge is 2.61. The molecule has 4 aliphatic rings. The van der Waals surface area contributed by atoms with Crippen molar-refractivity contribution < 1.29 is 15.3 Å². The van der Waals surface area contributed by atoms with Gasteiger partial charge >= 0.3 is 0 Å². The monoisotopic (exact) mass is 306 g/mol. The first kappa shape index (κ1) is 15.2. The first-order chi connectivity index (χ1) is 10.4. The van der Waals surface area contributed by atoms with Crippen molar-refractivity contribution in [3.05, 3.63) is 11.6 Å². The van der Waals surface area contributed by atoms with Crippen molar-refractivity contribution in [2.75, 3.05) is 0 Å². The van der Waals surface area contributed by atoms with E-state index < -0.39 is 0 Å². The van der Waals surface area contributed by atoms with Gasteiger partial charge in [-0.2, -0.15) is 0 Å². The second-order valence-corrected chi connectivity index (χ2v) is 8.94. The Hall–Kier alpha value is -0.380. The number of hydrogen-bond donors (Lipinski definition) is 3. The summed E-state index contributed by atoms with van der Waals surface area (Å²) in [6, 6.07) is 0. The number of fused-ring (bicyclic) bond motifs is 5. The zero-order valence-corrected chi connectivity index (χ0v) is 13.8.